The molecule has 6 nitrogen and oxygen atoms in total. The lowest BCUT2D eigenvalue weighted by atomic mass is 9.97. The van der Waals surface area contributed by atoms with Crippen molar-refractivity contribution in [2.75, 3.05) is 5.75 Å². The highest BCUT2D eigenvalue weighted by Crippen LogP contribution is 2.27. The lowest BCUT2D eigenvalue weighted by molar-refractivity contribution is -0.142. The van der Waals surface area contributed by atoms with E-state index in [0.29, 0.717) is 18.4 Å². The van der Waals surface area contributed by atoms with Gasteiger partial charge in [-0.05, 0) is 41.3 Å². The van der Waals surface area contributed by atoms with Crippen LogP contribution in [-0.4, -0.2) is 37.2 Å². The van der Waals surface area contributed by atoms with Crippen molar-refractivity contribution in [1.29, 1.82) is 0 Å². The number of carboxylic acid groups (broad SMARTS) is 1. The number of rotatable bonds is 10. The normalized spacial score (nSPS) is 13.8. The first-order chi connectivity index (χ1) is 13.7. The van der Waals surface area contributed by atoms with Crippen molar-refractivity contribution in [3.63, 3.8) is 0 Å². The van der Waals surface area contributed by atoms with E-state index in [2.05, 4.69) is 5.32 Å². The van der Waals surface area contributed by atoms with E-state index in [1.807, 2.05) is 37.3 Å². The van der Waals surface area contributed by atoms with Gasteiger partial charge in [0.1, 0.15) is 6.04 Å². The average molecular weight is 420 g/mol. The average Bonchev–Trinajstić information content (AvgIpc) is 2.69. The highest BCUT2D eigenvalue weighted by molar-refractivity contribution is 7.91. The third-order valence-electron chi connectivity index (χ3n) is 5.08. The number of unbranched alkanes of at least 4 members (excludes halogenated alkanes) is 1. The molecule has 0 aliphatic carbocycles. The zero-order valence-corrected chi connectivity index (χ0v) is 18.0. The summed E-state index contributed by atoms with van der Waals surface area (Å²) < 4.78 is 25.2. The summed E-state index contributed by atoms with van der Waals surface area (Å²) in [6, 6.07) is 10.0. The number of sulfone groups is 1. The number of carbonyl (C=O) groups excluding carboxylic acids is 1. The molecule has 2 rings (SSSR count). The van der Waals surface area contributed by atoms with Crippen LogP contribution in [0, 0.1) is 5.92 Å². The van der Waals surface area contributed by atoms with E-state index in [0.717, 1.165) is 17.2 Å². The van der Waals surface area contributed by atoms with Crippen molar-refractivity contribution in [1.82, 2.24) is 5.32 Å². The van der Waals surface area contributed by atoms with Gasteiger partial charge in [-0.2, -0.15) is 0 Å². The third kappa shape index (κ3) is 5.79. The molecule has 0 spiro atoms. The summed E-state index contributed by atoms with van der Waals surface area (Å²) in [6.45, 7) is 5.24. The summed E-state index contributed by atoms with van der Waals surface area (Å²) in [7, 11) is -3.47. The number of nitrogens with one attached hydrogen (secondary N) is 1. The Kier molecular flexibility index (Phi) is 7.79. The lowest BCUT2D eigenvalue weighted by Crippen LogP contribution is -2.43. The summed E-state index contributed by atoms with van der Waals surface area (Å²) in [6.07, 6.45) is 2.13. The largest absolute Gasteiger partial charge is 0.480 e. The molecule has 0 saturated carbocycles. The Morgan fingerprint density at radius 1 is 1.10 bits per heavy atom. The van der Waals surface area contributed by atoms with Gasteiger partial charge in [0.25, 0.3) is 0 Å². The quantitative estimate of drug-likeness (QED) is 0.613. The highest BCUT2D eigenvalue weighted by Gasteiger charge is 2.25. The Hall–Kier alpha value is -2.41. The van der Waals surface area contributed by atoms with Crippen molar-refractivity contribution in [2.45, 2.75) is 57.4 Å². The highest BCUT2D eigenvalue weighted by atomic mass is 32.2. The number of benzene rings is 2. The fourth-order valence-corrected chi connectivity index (χ4v) is 4.43. The number of fused-ring (bicyclic) bond motifs is 1. The van der Waals surface area contributed by atoms with Gasteiger partial charge in [0, 0.05) is 5.92 Å². The summed E-state index contributed by atoms with van der Waals surface area (Å²) in [5, 5.41) is 13.6. The zero-order valence-electron chi connectivity index (χ0n) is 17.1. The maximum absolute atomic E-state index is 12.6. The minimum atomic E-state index is -3.47. The number of hydrogen-bond acceptors (Lipinski definition) is 4. The molecule has 0 aromatic heterocycles. The van der Waals surface area contributed by atoms with Crippen molar-refractivity contribution in [3.8, 4) is 0 Å². The van der Waals surface area contributed by atoms with Crippen LogP contribution in [0.15, 0.2) is 41.3 Å². The van der Waals surface area contributed by atoms with Crippen LogP contribution >= 0.6 is 0 Å². The molecule has 0 bridgehead atoms. The van der Waals surface area contributed by atoms with Crippen LogP contribution in [0.1, 0.15) is 45.6 Å². The van der Waals surface area contributed by atoms with Gasteiger partial charge in [-0.3, -0.25) is 4.79 Å². The van der Waals surface area contributed by atoms with Crippen LogP contribution in [-0.2, 0) is 25.8 Å². The Morgan fingerprint density at radius 2 is 1.72 bits per heavy atom. The Balaban J connectivity index is 2.30. The van der Waals surface area contributed by atoms with Gasteiger partial charge in [-0.1, -0.05) is 57.9 Å². The molecule has 0 aliphatic rings. The fourth-order valence-electron chi connectivity index (χ4n) is 3.27. The molecule has 29 heavy (non-hydrogen) atoms. The Bertz CT molecular complexity index is 984. The molecule has 1 unspecified atom stereocenters. The molecule has 2 N–H and O–H groups in total. The topological polar surface area (TPSA) is 101 Å². The smallest absolute Gasteiger partial charge is 0.326 e. The fraction of sp³-hybridized carbons (Fsp3) is 0.455. The molecular formula is C22H29NO5S. The summed E-state index contributed by atoms with van der Waals surface area (Å²) in [5.41, 5.74) is 0.577. The molecule has 7 heteroatoms. The van der Waals surface area contributed by atoms with Crippen molar-refractivity contribution in [3.05, 3.63) is 42.0 Å². The molecule has 2 aromatic rings. The first-order valence-corrected chi connectivity index (χ1v) is 11.6. The second-order valence-electron chi connectivity index (χ2n) is 7.36. The van der Waals surface area contributed by atoms with Crippen LogP contribution in [0.2, 0.25) is 0 Å². The molecule has 0 heterocycles. The number of carbonyl (C=O) groups is 2. The van der Waals surface area contributed by atoms with Crippen molar-refractivity contribution >= 4 is 32.5 Å². The zero-order chi connectivity index (χ0) is 21.6. The van der Waals surface area contributed by atoms with Crippen molar-refractivity contribution in [2.24, 2.45) is 5.92 Å². The summed E-state index contributed by atoms with van der Waals surface area (Å²) in [4.78, 5) is 24.2. The van der Waals surface area contributed by atoms with Gasteiger partial charge in [0.2, 0.25) is 5.91 Å². The number of hydrogen-bond donors (Lipinski definition) is 2. The second kappa shape index (κ2) is 9.87. The summed E-state index contributed by atoms with van der Waals surface area (Å²) >= 11 is 0. The van der Waals surface area contributed by atoms with E-state index >= 15 is 0 Å². The van der Waals surface area contributed by atoms with Crippen molar-refractivity contribution < 1.29 is 23.1 Å². The van der Waals surface area contributed by atoms with E-state index in [9.17, 15) is 23.1 Å². The van der Waals surface area contributed by atoms with Gasteiger partial charge >= 0.3 is 5.97 Å². The first-order valence-electron chi connectivity index (χ1n) is 9.97. The van der Waals surface area contributed by atoms with Crippen LogP contribution in [0.5, 0.6) is 0 Å². The molecule has 0 aliphatic heterocycles. The third-order valence-corrected chi connectivity index (χ3v) is 6.89. The molecule has 2 atom stereocenters. The Labute approximate surface area is 172 Å². The molecular weight excluding hydrogens is 390 g/mol. The number of carboxylic acids is 1. The number of amides is 1. The van der Waals surface area contributed by atoms with E-state index in [-0.39, 0.29) is 23.0 Å². The maximum Gasteiger partial charge on any atom is 0.326 e. The van der Waals surface area contributed by atoms with E-state index < -0.39 is 27.8 Å². The molecule has 2 aromatic carbocycles. The van der Waals surface area contributed by atoms with Gasteiger partial charge in [0.05, 0.1) is 10.6 Å². The second-order valence-corrected chi connectivity index (χ2v) is 9.60. The molecule has 158 valence electrons. The number of aliphatic carboxylic acids is 1. The predicted octanol–water partition coefficient (Wildman–Crippen LogP) is 3.57. The molecule has 1 amide bonds. The van der Waals surface area contributed by atoms with Crippen LogP contribution in [0.25, 0.3) is 10.8 Å². The molecule has 0 radical (unpaired) electrons. The van der Waals surface area contributed by atoms with Gasteiger partial charge < -0.3 is 10.4 Å². The lowest BCUT2D eigenvalue weighted by Gasteiger charge is -2.19. The summed E-state index contributed by atoms with van der Waals surface area (Å²) in [5.74, 6) is -2.04. The maximum atomic E-state index is 12.6. The van der Waals surface area contributed by atoms with Crippen LogP contribution in [0.4, 0.5) is 0 Å². The minimum absolute atomic E-state index is 0.0307. The Morgan fingerprint density at radius 3 is 2.28 bits per heavy atom. The van der Waals surface area contributed by atoms with Gasteiger partial charge in [-0.25, -0.2) is 13.2 Å². The molecule has 0 saturated heterocycles. The predicted molar refractivity (Wildman–Crippen MR) is 114 cm³/mol. The van der Waals surface area contributed by atoms with Gasteiger partial charge in [-0.15, -0.1) is 0 Å². The minimum Gasteiger partial charge on any atom is -0.480 e. The molecule has 0 fully saturated rings. The standard InChI is InChI=1S/C22H29NO5S/c1-4-6-11-19(22(25)26)23-21(24)15(3)12-18-13-16-9-7-8-10-17(16)14-20(18)29(27,28)5-2/h7-10,13-15,19H,4-6,11-12H2,1-3H3,(H,23,24)(H,25,26)/t15?,19-/m0/s1. The van der Waals surface area contributed by atoms with Crippen LogP contribution < -0.4 is 5.32 Å². The van der Waals surface area contributed by atoms with E-state index in [1.54, 1.807) is 19.9 Å². The van der Waals surface area contributed by atoms with E-state index in [4.69, 9.17) is 0 Å². The van der Waals surface area contributed by atoms with Crippen LogP contribution in [0.3, 0.4) is 0 Å². The SMILES string of the molecule is CCCC[C@H](NC(=O)C(C)Cc1cc2ccccc2cc1S(=O)(=O)CC)C(=O)O. The first kappa shape index (κ1) is 22.9. The van der Waals surface area contributed by atoms with Gasteiger partial charge in [0.15, 0.2) is 9.84 Å². The van der Waals surface area contributed by atoms with E-state index in [1.165, 1.54) is 0 Å². The monoisotopic (exact) mass is 419 g/mol.